The summed E-state index contributed by atoms with van der Waals surface area (Å²) in [6.45, 7) is 0. The normalized spacial score (nSPS) is 12.8. The number of para-hydroxylation sites is 1. The molecule has 0 radical (unpaired) electrons. The predicted octanol–water partition coefficient (Wildman–Crippen LogP) is 4.64. The maximum Gasteiger partial charge on any atom is 0.169 e. The second-order valence-electron chi connectivity index (χ2n) is 4.58. The molecule has 0 amide bonds. The van der Waals surface area contributed by atoms with Gasteiger partial charge in [0.15, 0.2) is 11.4 Å². The molecule has 2 aromatic carbocycles. The Balaban J connectivity index is 2.09. The van der Waals surface area contributed by atoms with Gasteiger partial charge in [-0.05, 0) is 36.9 Å². The fourth-order valence-corrected chi connectivity index (χ4v) is 2.77. The Morgan fingerprint density at radius 1 is 1.15 bits per heavy atom. The lowest BCUT2D eigenvalue weighted by Gasteiger charge is -2.14. The third-order valence-corrected chi connectivity index (χ3v) is 3.76. The van der Waals surface area contributed by atoms with E-state index in [1.54, 1.807) is 6.07 Å². The van der Waals surface area contributed by atoms with Crippen molar-refractivity contribution in [3.63, 3.8) is 0 Å². The van der Waals surface area contributed by atoms with Crippen molar-refractivity contribution >= 4 is 26.9 Å². The van der Waals surface area contributed by atoms with E-state index in [0.717, 1.165) is 15.4 Å². The fourth-order valence-electron chi connectivity index (χ4n) is 2.35. The summed E-state index contributed by atoms with van der Waals surface area (Å²) in [5.41, 5.74) is 1.36. The summed E-state index contributed by atoms with van der Waals surface area (Å²) in [6, 6.07) is 14.7. The summed E-state index contributed by atoms with van der Waals surface area (Å²) in [7, 11) is 1.86. The van der Waals surface area contributed by atoms with Crippen LogP contribution in [-0.2, 0) is 0 Å². The van der Waals surface area contributed by atoms with Crippen LogP contribution in [0.15, 0.2) is 57.4 Å². The molecule has 0 fully saturated rings. The summed E-state index contributed by atoms with van der Waals surface area (Å²) in [4.78, 5) is 0. The van der Waals surface area contributed by atoms with E-state index in [-0.39, 0.29) is 11.9 Å². The number of halogens is 2. The maximum atomic E-state index is 13.7. The highest BCUT2D eigenvalue weighted by molar-refractivity contribution is 9.10. The first kappa shape index (κ1) is 13.3. The molecule has 0 aliphatic rings. The van der Waals surface area contributed by atoms with E-state index >= 15 is 0 Å². The molecule has 1 aromatic heterocycles. The van der Waals surface area contributed by atoms with E-state index in [0.29, 0.717) is 11.3 Å². The molecular weight excluding hydrogens is 321 g/mol. The zero-order valence-electron chi connectivity index (χ0n) is 10.9. The van der Waals surface area contributed by atoms with Crippen molar-refractivity contribution in [3.8, 4) is 0 Å². The van der Waals surface area contributed by atoms with E-state index in [1.807, 2.05) is 43.4 Å². The molecule has 1 heterocycles. The van der Waals surface area contributed by atoms with E-state index in [4.69, 9.17) is 4.42 Å². The first-order chi connectivity index (χ1) is 9.69. The average molecular weight is 334 g/mol. The van der Waals surface area contributed by atoms with Crippen LogP contribution in [0.1, 0.15) is 17.4 Å². The van der Waals surface area contributed by atoms with Crippen LogP contribution in [0.3, 0.4) is 0 Å². The number of furan rings is 1. The van der Waals surface area contributed by atoms with Gasteiger partial charge < -0.3 is 9.73 Å². The molecule has 4 heteroatoms. The van der Waals surface area contributed by atoms with Gasteiger partial charge in [0.1, 0.15) is 5.76 Å². The van der Waals surface area contributed by atoms with Gasteiger partial charge in [0.05, 0.1) is 6.04 Å². The smallest absolute Gasteiger partial charge is 0.169 e. The summed E-state index contributed by atoms with van der Waals surface area (Å²) in [6.07, 6.45) is 0. The van der Waals surface area contributed by atoms with Crippen molar-refractivity contribution in [1.82, 2.24) is 5.32 Å². The lowest BCUT2D eigenvalue weighted by atomic mass is 10.0. The average Bonchev–Trinajstić information content (AvgIpc) is 2.85. The molecule has 0 aliphatic carbocycles. The summed E-state index contributed by atoms with van der Waals surface area (Å²) < 4.78 is 20.4. The Bertz CT molecular complexity index is 753. The fraction of sp³-hybridized carbons (Fsp3) is 0.125. The number of benzene rings is 2. The van der Waals surface area contributed by atoms with Crippen LogP contribution in [-0.4, -0.2) is 7.05 Å². The molecule has 0 bridgehead atoms. The number of rotatable bonds is 3. The zero-order valence-corrected chi connectivity index (χ0v) is 12.4. The number of nitrogens with one attached hydrogen (secondary N) is 1. The highest BCUT2D eigenvalue weighted by Gasteiger charge is 2.18. The van der Waals surface area contributed by atoms with Gasteiger partial charge >= 0.3 is 0 Å². The van der Waals surface area contributed by atoms with Crippen molar-refractivity contribution in [1.29, 1.82) is 0 Å². The third-order valence-electron chi connectivity index (χ3n) is 3.27. The van der Waals surface area contributed by atoms with E-state index in [9.17, 15) is 4.39 Å². The molecule has 0 saturated carbocycles. The summed E-state index contributed by atoms with van der Waals surface area (Å²) in [5.74, 6) is 0.364. The molecule has 20 heavy (non-hydrogen) atoms. The molecule has 0 spiro atoms. The van der Waals surface area contributed by atoms with Gasteiger partial charge in [0.2, 0.25) is 0 Å². The Labute approximate surface area is 124 Å². The van der Waals surface area contributed by atoms with Crippen molar-refractivity contribution in [2.45, 2.75) is 6.04 Å². The zero-order chi connectivity index (χ0) is 14.1. The molecular formula is C16H13BrFNO. The van der Waals surface area contributed by atoms with Crippen LogP contribution in [0.5, 0.6) is 0 Å². The molecule has 0 aliphatic heterocycles. The number of hydrogen-bond donors (Lipinski definition) is 1. The molecule has 102 valence electrons. The van der Waals surface area contributed by atoms with Crippen LogP contribution >= 0.6 is 15.9 Å². The van der Waals surface area contributed by atoms with Crippen LogP contribution in [0, 0.1) is 5.82 Å². The monoisotopic (exact) mass is 333 g/mol. The molecule has 3 aromatic rings. The lowest BCUT2D eigenvalue weighted by molar-refractivity contribution is 0.476. The van der Waals surface area contributed by atoms with Crippen molar-refractivity contribution < 1.29 is 8.81 Å². The van der Waals surface area contributed by atoms with Gasteiger partial charge in [-0.1, -0.05) is 40.2 Å². The summed E-state index contributed by atoms with van der Waals surface area (Å²) >= 11 is 3.46. The van der Waals surface area contributed by atoms with E-state index < -0.39 is 0 Å². The predicted molar refractivity (Wildman–Crippen MR) is 81.2 cm³/mol. The SMILES string of the molecule is CNC(c1cccc(Br)c1)c1cc2cccc(F)c2o1. The highest BCUT2D eigenvalue weighted by Crippen LogP contribution is 2.30. The maximum absolute atomic E-state index is 13.7. The van der Waals surface area contributed by atoms with Gasteiger partial charge in [-0.15, -0.1) is 0 Å². The minimum Gasteiger partial charge on any atom is -0.456 e. The Kier molecular flexibility index (Phi) is 3.59. The highest BCUT2D eigenvalue weighted by atomic mass is 79.9. The van der Waals surface area contributed by atoms with Gasteiger partial charge in [-0.2, -0.15) is 0 Å². The van der Waals surface area contributed by atoms with Gasteiger partial charge in [-0.3, -0.25) is 0 Å². The lowest BCUT2D eigenvalue weighted by Crippen LogP contribution is -2.16. The van der Waals surface area contributed by atoms with E-state index in [2.05, 4.69) is 21.2 Å². The van der Waals surface area contributed by atoms with Crippen molar-refractivity contribution in [2.24, 2.45) is 0 Å². The Morgan fingerprint density at radius 2 is 1.95 bits per heavy atom. The van der Waals surface area contributed by atoms with Gasteiger partial charge in [-0.25, -0.2) is 4.39 Å². The molecule has 2 nitrogen and oxygen atoms in total. The van der Waals surface area contributed by atoms with Crippen LogP contribution in [0.4, 0.5) is 4.39 Å². The minimum atomic E-state index is -0.335. The topological polar surface area (TPSA) is 25.2 Å². The van der Waals surface area contributed by atoms with E-state index in [1.165, 1.54) is 6.07 Å². The largest absolute Gasteiger partial charge is 0.456 e. The Hall–Kier alpha value is -1.65. The molecule has 1 atom stereocenters. The first-order valence-corrected chi connectivity index (χ1v) is 7.09. The van der Waals surface area contributed by atoms with Gasteiger partial charge in [0, 0.05) is 9.86 Å². The van der Waals surface area contributed by atoms with Crippen molar-refractivity contribution in [2.75, 3.05) is 7.05 Å². The molecule has 1 unspecified atom stereocenters. The number of fused-ring (bicyclic) bond motifs is 1. The van der Waals surface area contributed by atoms with Crippen molar-refractivity contribution in [3.05, 3.63) is 70.1 Å². The van der Waals surface area contributed by atoms with Gasteiger partial charge in [0.25, 0.3) is 0 Å². The second kappa shape index (κ2) is 5.38. The molecule has 3 rings (SSSR count). The van der Waals surface area contributed by atoms with Crippen LogP contribution < -0.4 is 5.32 Å². The van der Waals surface area contributed by atoms with Crippen LogP contribution in [0.2, 0.25) is 0 Å². The Morgan fingerprint density at radius 3 is 2.65 bits per heavy atom. The quantitative estimate of drug-likeness (QED) is 0.755. The second-order valence-corrected chi connectivity index (χ2v) is 5.50. The first-order valence-electron chi connectivity index (χ1n) is 6.29. The number of hydrogen-bond acceptors (Lipinski definition) is 2. The molecule has 0 saturated heterocycles. The molecule has 1 N–H and O–H groups in total. The minimum absolute atomic E-state index is 0.112. The summed E-state index contributed by atoms with van der Waals surface area (Å²) in [5, 5.41) is 3.98. The van der Waals surface area contributed by atoms with Crippen LogP contribution in [0.25, 0.3) is 11.0 Å². The third kappa shape index (κ3) is 2.37. The standard InChI is InChI=1S/C16H13BrFNO/c1-19-15(10-4-2-6-12(17)8-10)14-9-11-5-3-7-13(18)16(11)20-14/h2-9,15,19H,1H3.